The first-order valence-corrected chi connectivity index (χ1v) is 15.1. The van der Waals surface area contributed by atoms with Crippen LogP contribution >= 0.6 is 0 Å². The maximum atomic E-state index is 11.4. The first-order valence-electron chi connectivity index (χ1n) is 15.1. The zero-order chi connectivity index (χ0) is 30.5. The molecule has 4 heterocycles. The summed E-state index contributed by atoms with van der Waals surface area (Å²) in [7, 11) is 7.42. The Balaban J connectivity index is 1.42. The fourth-order valence-electron chi connectivity index (χ4n) is 6.95. The smallest absolute Gasteiger partial charge is 0.201 e. The van der Waals surface area contributed by atoms with Gasteiger partial charge >= 0.3 is 0 Å². The number of hydrogen-bond acceptors (Lipinski definition) is 8. The largest absolute Gasteiger partial charge is 0.504 e. The monoisotopic (exact) mass is 594 g/mol. The number of nitrogens with zero attached hydrogens (tertiary/aromatic N) is 2. The van der Waals surface area contributed by atoms with Crippen molar-refractivity contribution in [1.82, 2.24) is 9.80 Å². The van der Waals surface area contributed by atoms with Crippen LogP contribution in [-0.2, 0) is 25.7 Å². The molecule has 8 nitrogen and oxygen atoms in total. The number of methoxy groups -OCH3 is 2. The van der Waals surface area contributed by atoms with E-state index >= 15 is 0 Å². The van der Waals surface area contributed by atoms with E-state index in [4.69, 9.17) is 18.9 Å². The number of phenols is 2. The van der Waals surface area contributed by atoms with Gasteiger partial charge in [0.05, 0.1) is 14.2 Å². The molecule has 0 saturated heterocycles. The van der Waals surface area contributed by atoms with Gasteiger partial charge < -0.3 is 29.2 Å². The molecule has 0 saturated carbocycles. The quantitative estimate of drug-likeness (QED) is 0.270. The van der Waals surface area contributed by atoms with Gasteiger partial charge in [-0.05, 0) is 110 Å². The molecule has 228 valence electrons. The molecule has 0 unspecified atom stereocenters. The third-order valence-corrected chi connectivity index (χ3v) is 9.46. The first-order chi connectivity index (χ1) is 21.3. The van der Waals surface area contributed by atoms with Crippen LogP contribution in [0.2, 0.25) is 0 Å². The maximum Gasteiger partial charge on any atom is 0.201 e. The van der Waals surface area contributed by atoms with Crippen LogP contribution < -0.4 is 18.9 Å². The molecule has 4 aliphatic heterocycles. The summed E-state index contributed by atoms with van der Waals surface area (Å²) in [5.41, 5.74) is 6.49. The molecular formula is C36H38N2O6. The molecular weight excluding hydrogens is 556 g/mol. The summed E-state index contributed by atoms with van der Waals surface area (Å²) in [5.74, 6) is 3.10. The van der Waals surface area contributed by atoms with E-state index in [1.54, 1.807) is 14.2 Å². The number of ether oxygens (including phenoxy) is 4. The van der Waals surface area contributed by atoms with E-state index in [0.29, 0.717) is 40.9 Å². The molecule has 2 atom stereocenters. The molecule has 4 aromatic carbocycles. The molecule has 8 rings (SSSR count). The van der Waals surface area contributed by atoms with E-state index in [1.165, 1.54) is 0 Å². The van der Waals surface area contributed by atoms with Crippen LogP contribution in [0.5, 0.6) is 46.0 Å². The molecule has 0 radical (unpaired) electrons. The van der Waals surface area contributed by atoms with Crippen molar-refractivity contribution in [3.05, 3.63) is 94.0 Å². The van der Waals surface area contributed by atoms with Gasteiger partial charge in [-0.25, -0.2) is 0 Å². The molecule has 6 bridgehead atoms. The van der Waals surface area contributed by atoms with E-state index < -0.39 is 0 Å². The highest BCUT2D eigenvalue weighted by Crippen LogP contribution is 2.50. The number of benzene rings is 4. The number of aromatic hydroxyl groups is 2. The van der Waals surface area contributed by atoms with Crippen molar-refractivity contribution in [1.29, 1.82) is 0 Å². The number of likely N-dealkylation sites (N-methyl/N-ethyl adjacent to an activating group) is 2. The minimum atomic E-state index is -0.0848. The maximum absolute atomic E-state index is 11.4. The summed E-state index contributed by atoms with van der Waals surface area (Å²) in [6.45, 7) is 1.74. The second-order valence-electron chi connectivity index (χ2n) is 12.1. The number of rotatable bonds is 2. The summed E-state index contributed by atoms with van der Waals surface area (Å²) >= 11 is 0. The number of fused-ring (bicyclic) bond motifs is 2. The molecule has 2 N–H and O–H groups in total. The lowest BCUT2D eigenvalue weighted by molar-refractivity contribution is 0.222. The van der Waals surface area contributed by atoms with Crippen LogP contribution in [0.15, 0.2) is 60.7 Å². The van der Waals surface area contributed by atoms with Crippen LogP contribution in [-0.4, -0.2) is 61.4 Å². The molecule has 4 aromatic rings. The zero-order valence-electron chi connectivity index (χ0n) is 25.6. The third-order valence-electron chi connectivity index (χ3n) is 9.46. The minimum Gasteiger partial charge on any atom is -0.504 e. The Hall–Kier alpha value is -4.40. The van der Waals surface area contributed by atoms with Crippen LogP contribution in [0, 0.1) is 0 Å². The van der Waals surface area contributed by atoms with Crippen molar-refractivity contribution in [2.24, 2.45) is 0 Å². The Bertz CT molecular complexity index is 1720. The van der Waals surface area contributed by atoms with Gasteiger partial charge in [-0.1, -0.05) is 18.2 Å². The summed E-state index contributed by atoms with van der Waals surface area (Å²) in [5, 5.41) is 22.5. The fraction of sp³-hybridized carbons (Fsp3) is 0.333. The van der Waals surface area contributed by atoms with Crippen molar-refractivity contribution in [2.75, 3.05) is 41.4 Å². The first kappa shape index (κ1) is 28.4. The molecule has 0 spiro atoms. The highest BCUT2D eigenvalue weighted by Gasteiger charge is 2.33. The molecule has 0 amide bonds. The van der Waals surface area contributed by atoms with Crippen molar-refractivity contribution in [3.8, 4) is 46.0 Å². The van der Waals surface area contributed by atoms with Crippen molar-refractivity contribution in [2.45, 2.75) is 37.8 Å². The summed E-state index contributed by atoms with van der Waals surface area (Å²) in [6.07, 6.45) is 3.07. The Labute approximate surface area is 258 Å². The molecule has 4 aliphatic rings. The molecule has 8 heteroatoms. The van der Waals surface area contributed by atoms with E-state index in [1.807, 2.05) is 48.5 Å². The van der Waals surface area contributed by atoms with Gasteiger partial charge in [-0.15, -0.1) is 0 Å². The molecule has 44 heavy (non-hydrogen) atoms. The predicted molar refractivity (Wildman–Crippen MR) is 168 cm³/mol. The average Bonchev–Trinajstić information content (AvgIpc) is 3.02. The number of phenolic OH excluding ortho intramolecular Hbond substituents is 2. The third kappa shape index (κ3) is 4.98. The second kappa shape index (κ2) is 11.3. The minimum absolute atomic E-state index is 0.00546. The Kier molecular flexibility index (Phi) is 7.26. The summed E-state index contributed by atoms with van der Waals surface area (Å²) < 4.78 is 24.2. The number of hydrogen-bond donors (Lipinski definition) is 2. The average molecular weight is 595 g/mol. The fourth-order valence-corrected chi connectivity index (χ4v) is 6.95. The summed E-state index contributed by atoms with van der Waals surface area (Å²) in [6, 6.07) is 19.8. The van der Waals surface area contributed by atoms with Gasteiger partial charge in [0.15, 0.2) is 34.5 Å². The lowest BCUT2D eigenvalue weighted by atomic mass is 9.87. The van der Waals surface area contributed by atoms with Crippen molar-refractivity contribution < 1.29 is 29.2 Å². The highest BCUT2D eigenvalue weighted by molar-refractivity contribution is 5.62. The van der Waals surface area contributed by atoms with Crippen molar-refractivity contribution >= 4 is 0 Å². The normalized spacial score (nSPS) is 19.6. The van der Waals surface area contributed by atoms with Gasteiger partial charge in [-0.3, -0.25) is 9.80 Å². The van der Waals surface area contributed by atoms with Crippen LogP contribution in [0.25, 0.3) is 0 Å². The topological polar surface area (TPSA) is 83.9 Å². The van der Waals surface area contributed by atoms with E-state index in [0.717, 1.165) is 65.7 Å². The summed E-state index contributed by atoms with van der Waals surface area (Å²) in [4.78, 5) is 4.64. The zero-order valence-corrected chi connectivity index (χ0v) is 25.6. The molecule has 0 fully saturated rings. The lowest BCUT2D eigenvalue weighted by Crippen LogP contribution is -2.34. The second-order valence-corrected chi connectivity index (χ2v) is 12.1. The molecule has 0 aromatic heterocycles. The standard InChI is InChI=1S/C36H38N2O6/c1-37-13-11-23-18-29(39)31-20-26(23)27(37)15-21-5-8-25(9-6-21)43-36-34-24(19-33(42-4)35(36)40)12-14-38(2)28(34)16-22-7-10-30(41-3)32(17-22)44-31/h5-10,17-20,27-28,39-40H,11-16H2,1-4H3/t27-,28-/m0/s1. The van der Waals surface area contributed by atoms with E-state index in [9.17, 15) is 10.2 Å². The molecule has 0 aliphatic carbocycles. The predicted octanol–water partition coefficient (Wildman–Crippen LogP) is 6.56. The van der Waals surface area contributed by atoms with E-state index in [-0.39, 0.29) is 23.6 Å². The van der Waals surface area contributed by atoms with Gasteiger partial charge in [0, 0.05) is 30.7 Å². The Morgan fingerprint density at radius 3 is 2.14 bits per heavy atom. The highest BCUT2D eigenvalue weighted by atomic mass is 16.5. The Morgan fingerprint density at radius 1 is 0.705 bits per heavy atom. The van der Waals surface area contributed by atoms with E-state index in [2.05, 4.69) is 36.0 Å². The SMILES string of the molecule is COc1ccc2cc1Oc1cc3c(cc1O)CCN(C)[C@H]3Cc1ccc(cc1)Oc1c(O)c(OC)cc3c1[C@H](C2)N(C)CC3. The van der Waals surface area contributed by atoms with Crippen LogP contribution in [0.3, 0.4) is 0 Å². The lowest BCUT2D eigenvalue weighted by Gasteiger charge is -2.36. The van der Waals surface area contributed by atoms with Crippen LogP contribution in [0.1, 0.15) is 45.5 Å². The Morgan fingerprint density at radius 2 is 1.39 bits per heavy atom. The van der Waals surface area contributed by atoms with Crippen molar-refractivity contribution in [3.63, 3.8) is 0 Å². The van der Waals surface area contributed by atoms with Gasteiger partial charge in [0.25, 0.3) is 0 Å². The van der Waals surface area contributed by atoms with Gasteiger partial charge in [0.1, 0.15) is 5.75 Å². The van der Waals surface area contributed by atoms with Gasteiger partial charge in [-0.2, -0.15) is 0 Å². The van der Waals surface area contributed by atoms with Crippen LogP contribution in [0.4, 0.5) is 0 Å². The van der Waals surface area contributed by atoms with Gasteiger partial charge in [0.2, 0.25) is 5.75 Å².